The minimum Gasteiger partial charge on any atom is -0.453 e. The van der Waals surface area contributed by atoms with Gasteiger partial charge in [0, 0.05) is 68.1 Å². The van der Waals surface area contributed by atoms with Gasteiger partial charge in [-0.2, -0.15) is 5.26 Å². The van der Waals surface area contributed by atoms with Crippen LogP contribution in [0.15, 0.2) is 60.9 Å². The average Bonchev–Trinajstić information content (AvgIpc) is 3.71. The minimum absolute atomic E-state index is 0.0458. The number of nitrogens with zero attached hydrogens (tertiary/aromatic N) is 5. The Morgan fingerprint density at radius 2 is 1.91 bits per heavy atom. The number of imidazole rings is 1. The number of alkyl carbamates (subject to hydrolysis) is 1. The van der Waals surface area contributed by atoms with Gasteiger partial charge in [-0.05, 0) is 92.6 Å². The van der Waals surface area contributed by atoms with Crippen LogP contribution in [0.25, 0.3) is 0 Å². The molecular formula is C36H45FN6O2. The van der Waals surface area contributed by atoms with Crippen LogP contribution in [0.1, 0.15) is 56.0 Å². The van der Waals surface area contributed by atoms with E-state index in [1.165, 1.54) is 18.9 Å². The van der Waals surface area contributed by atoms with Crippen LogP contribution < -0.4 is 10.2 Å². The monoisotopic (exact) mass is 612 g/mol. The zero-order valence-electron chi connectivity index (χ0n) is 26.5. The van der Waals surface area contributed by atoms with Gasteiger partial charge in [-0.15, -0.1) is 0 Å². The van der Waals surface area contributed by atoms with Crippen molar-refractivity contribution in [2.75, 3.05) is 44.7 Å². The van der Waals surface area contributed by atoms with Crippen LogP contribution in [0.3, 0.4) is 0 Å². The number of benzene rings is 2. The Hall–Kier alpha value is -3.90. The highest BCUT2D eigenvalue weighted by Crippen LogP contribution is 2.52. The van der Waals surface area contributed by atoms with Crippen molar-refractivity contribution in [1.29, 1.82) is 5.26 Å². The number of piperidine rings is 1. The summed E-state index contributed by atoms with van der Waals surface area (Å²) in [5.74, 6) is 1.87. The molecule has 2 aliphatic heterocycles. The number of halogens is 1. The van der Waals surface area contributed by atoms with Crippen molar-refractivity contribution in [3.05, 3.63) is 83.7 Å². The van der Waals surface area contributed by atoms with Crippen LogP contribution in [0.4, 0.5) is 14.9 Å². The second-order valence-corrected chi connectivity index (χ2v) is 13.2. The average molecular weight is 613 g/mol. The second kappa shape index (κ2) is 13.6. The number of aromatic nitrogens is 2. The number of nitriles is 1. The standard InChI is InChI=1S/C36H45FN6O2/c1-3-34-39-16-19-42(34)25-36(29-6-4-7-30(37)20-29,32-8-5-9-33(32)40-35(44)45-2)28-14-17-41(18-15-28)22-27-23-43(24-27)31-12-10-26(21-38)11-13-31/h4,6-7,10-13,16,19-20,27-28,32-33H,3,5,8-9,14-15,17-18,22-25H2,1-2H3,(H,40,44)/t32-,33-,36-/m0/s1. The molecule has 3 aromatic rings. The van der Waals surface area contributed by atoms with E-state index in [0.717, 1.165) is 82.6 Å². The van der Waals surface area contributed by atoms with E-state index < -0.39 is 6.09 Å². The van der Waals surface area contributed by atoms with E-state index >= 15 is 4.39 Å². The smallest absolute Gasteiger partial charge is 0.407 e. The quantitative estimate of drug-likeness (QED) is 0.313. The molecule has 1 aromatic heterocycles. The van der Waals surface area contributed by atoms with Crippen LogP contribution in [0.5, 0.6) is 0 Å². The molecule has 1 saturated carbocycles. The van der Waals surface area contributed by atoms with Crippen LogP contribution in [-0.4, -0.2) is 66.4 Å². The number of likely N-dealkylation sites (tertiary alicyclic amines) is 1. The maximum Gasteiger partial charge on any atom is 0.407 e. The number of anilines is 1. The summed E-state index contributed by atoms with van der Waals surface area (Å²) >= 11 is 0. The Balaban J connectivity index is 1.23. The summed E-state index contributed by atoms with van der Waals surface area (Å²) in [6.45, 7) is 7.97. The summed E-state index contributed by atoms with van der Waals surface area (Å²) in [6, 6.07) is 17.2. The normalized spacial score (nSPS) is 22.4. The summed E-state index contributed by atoms with van der Waals surface area (Å²) < 4.78 is 22.4. The minimum atomic E-state index is -0.401. The molecule has 6 rings (SSSR count). The van der Waals surface area contributed by atoms with E-state index in [2.05, 4.69) is 49.9 Å². The lowest BCUT2D eigenvalue weighted by atomic mass is 9.58. The van der Waals surface area contributed by atoms with Gasteiger partial charge < -0.3 is 24.4 Å². The Labute approximate surface area is 266 Å². The molecule has 3 aliphatic rings. The predicted octanol–water partition coefficient (Wildman–Crippen LogP) is 5.77. The van der Waals surface area contributed by atoms with Crippen molar-refractivity contribution >= 4 is 11.8 Å². The third-order valence-corrected chi connectivity index (χ3v) is 10.7. The highest BCUT2D eigenvalue weighted by atomic mass is 19.1. The number of carbonyl (C=O) groups is 1. The van der Waals surface area contributed by atoms with Gasteiger partial charge in [-0.3, -0.25) is 0 Å². The van der Waals surface area contributed by atoms with Gasteiger partial charge in [-0.25, -0.2) is 14.2 Å². The fourth-order valence-electron chi connectivity index (χ4n) is 8.55. The van der Waals surface area contributed by atoms with Gasteiger partial charge in [0.2, 0.25) is 0 Å². The van der Waals surface area contributed by atoms with Gasteiger partial charge in [-0.1, -0.05) is 25.5 Å². The molecule has 9 heteroatoms. The molecule has 1 amide bonds. The lowest BCUT2D eigenvalue weighted by Gasteiger charge is -2.51. The number of ether oxygens (including phenoxy) is 1. The maximum atomic E-state index is 15.0. The van der Waals surface area contributed by atoms with Gasteiger partial charge in [0.05, 0.1) is 18.7 Å². The molecule has 45 heavy (non-hydrogen) atoms. The molecule has 0 spiro atoms. The van der Waals surface area contributed by atoms with E-state index in [1.807, 2.05) is 36.5 Å². The highest BCUT2D eigenvalue weighted by Gasteiger charge is 2.52. The Morgan fingerprint density at radius 1 is 1.13 bits per heavy atom. The Kier molecular flexibility index (Phi) is 9.41. The second-order valence-electron chi connectivity index (χ2n) is 13.2. The van der Waals surface area contributed by atoms with Crippen LogP contribution in [0.2, 0.25) is 0 Å². The zero-order chi connectivity index (χ0) is 31.4. The fourth-order valence-corrected chi connectivity index (χ4v) is 8.55. The van der Waals surface area contributed by atoms with Crippen molar-refractivity contribution in [1.82, 2.24) is 19.8 Å². The molecule has 3 atom stereocenters. The van der Waals surface area contributed by atoms with Gasteiger partial charge in [0.1, 0.15) is 11.6 Å². The first-order valence-corrected chi connectivity index (χ1v) is 16.5. The molecular weight excluding hydrogens is 567 g/mol. The molecule has 2 saturated heterocycles. The van der Waals surface area contributed by atoms with Gasteiger partial charge >= 0.3 is 6.09 Å². The van der Waals surface area contributed by atoms with Gasteiger partial charge in [0.15, 0.2) is 0 Å². The molecule has 1 aliphatic carbocycles. The fraction of sp³-hybridized carbons (Fsp3) is 0.528. The molecule has 0 bridgehead atoms. The van der Waals surface area contributed by atoms with Crippen LogP contribution >= 0.6 is 0 Å². The number of methoxy groups -OCH3 is 1. The molecule has 3 heterocycles. The number of amides is 1. The first kappa shape index (κ1) is 31.1. The number of rotatable bonds is 10. The number of carbonyl (C=O) groups excluding carboxylic acids is 1. The topological polar surface area (TPSA) is 86.4 Å². The molecule has 1 N–H and O–H groups in total. The molecule has 8 nitrogen and oxygen atoms in total. The van der Waals surface area contributed by atoms with Crippen LogP contribution in [-0.2, 0) is 23.1 Å². The van der Waals surface area contributed by atoms with E-state index in [-0.39, 0.29) is 23.2 Å². The molecule has 238 valence electrons. The van der Waals surface area contributed by atoms with Gasteiger partial charge in [0.25, 0.3) is 0 Å². The summed E-state index contributed by atoms with van der Waals surface area (Å²) in [7, 11) is 1.42. The predicted molar refractivity (Wildman–Crippen MR) is 172 cm³/mol. The molecule has 0 radical (unpaired) electrons. The lowest BCUT2D eigenvalue weighted by molar-refractivity contribution is 0.0541. The van der Waals surface area contributed by atoms with Crippen molar-refractivity contribution in [3.8, 4) is 6.07 Å². The first-order chi connectivity index (χ1) is 21.9. The number of nitrogens with one attached hydrogen (secondary N) is 1. The number of hydrogen-bond donors (Lipinski definition) is 1. The van der Waals surface area contributed by atoms with Crippen LogP contribution in [0, 0.1) is 34.9 Å². The molecule has 2 aromatic carbocycles. The third kappa shape index (κ3) is 6.44. The highest BCUT2D eigenvalue weighted by molar-refractivity contribution is 5.67. The summed E-state index contributed by atoms with van der Waals surface area (Å²) in [6.07, 6.45) is 9.25. The largest absolute Gasteiger partial charge is 0.453 e. The number of hydrogen-bond acceptors (Lipinski definition) is 6. The van der Waals surface area contributed by atoms with Crippen molar-refractivity contribution < 1.29 is 13.9 Å². The van der Waals surface area contributed by atoms with Crippen molar-refractivity contribution in [2.24, 2.45) is 17.8 Å². The zero-order valence-corrected chi connectivity index (χ0v) is 26.5. The summed E-state index contributed by atoms with van der Waals surface area (Å²) in [5, 5.41) is 12.3. The van der Waals surface area contributed by atoms with E-state index in [4.69, 9.17) is 10.00 Å². The maximum absolute atomic E-state index is 15.0. The van der Waals surface area contributed by atoms with E-state index in [0.29, 0.717) is 23.9 Å². The molecule has 3 fully saturated rings. The summed E-state index contributed by atoms with van der Waals surface area (Å²) in [4.78, 5) is 22.2. The molecule has 0 unspecified atom stereocenters. The Bertz CT molecular complexity index is 1490. The SMILES string of the molecule is CCc1nccn1C[C@@](c1cccc(F)c1)(C1CCN(CC2CN(c3ccc(C#N)cc3)C2)CC1)[C@H]1CCC[C@@H]1NC(=O)OC. The van der Waals surface area contributed by atoms with E-state index in [9.17, 15) is 4.79 Å². The number of aryl methyl sites for hydroxylation is 1. The van der Waals surface area contributed by atoms with E-state index in [1.54, 1.807) is 6.07 Å². The lowest BCUT2D eigenvalue weighted by Crippen LogP contribution is -2.56. The summed E-state index contributed by atoms with van der Waals surface area (Å²) in [5.41, 5.74) is 2.51. The van der Waals surface area contributed by atoms with Crippen molar-refractivity contribution in [2.45, 2.75) is 63.5 Å². The Morgan fingerprint density at radius 3 is 2.60 bits per heavy atom. The first-order valence-electron chi connectivity index (χ1n) is 16.5. The third-order valence-electron chi connectivity index (χ3n) is 10.7. The van der Waals surface area contributed by atoms with Crippen molar-refractivity contribution in [3.63, 3.8) is 0 Å².